The highest BCUT2D eigenvalue weighted by Gasteiger charge is 2.18. The molecule has 0 radical (unpaired) electrons. The van der Waals surface area contributed by atoms with Gasteiger partial charge >= 0.3 is 0 Å². The van der Waals surface area contributed by atoms with Crippen molar-refractivity contribution in [3.8, 4) is 0 Å². The van der Waals surface area contributed by atoms with Crippen LogP contribution in [0.2, 0.25) is 0 Å². The zero-order valence-corrected chi connectivity index (χ0v) is 13.6. The van der Waals surface area contributed by atoms with Gasteiger partial charge in [-0.2, -0.15) is 0 Å². The Hall–Kier alpha value is -0.340. The molecule has 0 amide bonds. The Morgan fingerprint density at radius 2 is 2.00 bits per heavy atom. The molecular weight excluding hydrogens is 250 g/mol. The Morgan fingerprint density at radius 3 is 2.68 bits per heavy atom. The van der Waals surface area contributed by atoms with Crippen LogP contribution in [0.5, 0.6) is 0 Å². The highest BCUT2D eigenvalue weighted by molar-refractivity contribution is 7.12. The summed E-state index contributed by atoms with van der Waals surface area (Å²) in [7, 11) is 0. The van der Waals surface area contributed by atoms with E-state index in [1.54, 1.807) is 15.3 Å². The lowest BCUT2D eigenvalue weighted by Gasteiger charge is -2.17. The van der Waals surface area contributed by atoms with Crippen LogP contribution in [0.3, 0.4) is 0 Å². The molecule has 0 fully saturated rings. The van der Waals surface area contributed by atoms with E-state index < -0.39 is 0 Å². The van der Waals surface area contributed by atoms with Crippen molar-refractivity contribution in [3.63, 3.8) is 0 Å². The van der Waals surface area contributed by atoms with Crippen LogP contribution in [0, 0.1) is 5.92 Å². The van der Waals surface area contributed by atoms with E-state index in [0.29, 0.717) is 6.04 Å². The predicted octanol–water partition coefficient (Wildman–Crippen LogP) is 5.10. The Kier molecular flexibility index (Phi) is 5.90. The molecule has 0 bridgehead atoms. The molecule has 0 saturated carbocycles. The van der Waals surface area contributed by atoms with Gasteiger partial charge in [0, 0.05) is 15.8 Å². The van der Waals surface area contributed by atoms with Crippen LogP contribution in [0.1, 0.15) is 74.2 Å². The smallest absolute Gasteiger partial charge is 0.0414 e. The molecule has 2 heteroatoms. The molecular formula is C17H29NS. The SMILES string of the molecule is CCNC(CCCC(C)C)c1cc2c(s1)CCCC2. The van der Waals surface area contributed by atoms with Gasteiger partial charge in [-0.3, -0.25) is 0 Å². The highest BCUT2D eigenvalue weighted by atomic mass is 32.1. The van der Waals surface area contributed by atoms with Crippen LogP contribution in [-0.4, -0.2) is 6.54 Å². The molecule has 108 valence electrons. The summed E-state index contributed by atoms with van der Waals surface area (Å²) in [5.74, 6) is 0.832. The first kappa shape index (κ1) is 15.1. The van der Waals surface area contributed by atoms with E-state index in [1.165, 1.54) is 44.9 Å². The zero-order chi connectivity index (χ0) is 13.7. The quantitative estimate of drug-likeness (QED) is 0.732. The topological polar surface area (TPSA) is 12.0 Å². The van der Waals surface area contributed by atoms with Crippen LogP contribution in [0.15, 0.2) is 6.07 Å². The molecule has 1 N–H and O–H groups in total. The molecule has 1 aliphatic carbocycles. The Morgan fingerprint density at radius 1 is 1.21 bits per heavy atom. The Bertz CT molecular complexity index is 357. The van der Waals surface area contributed by atoms with Gasteiger partial charge in [0.05, 0.1) is 0 Å². The average molecular weight is 279 g/mol. The molecule has 0 aliphatic heterocycles. The van der Waals surface area contributed by atoms with Gasteiger partial charge in [0.25, 0.3) is 0 Å². The van der Waals surface area contributed by atoms with E-state index in [0.717, 1.165) is 12.5 Å². The number of rotatable bonds is 7. The minimum atomic E-state index is 0.597. The van der Waals surface area contributed by atoms with Crippen molar-refractivity contribution in [3.05, 3.63) is 21.4 Å². The highest BCUT2D eigenvalue weighted by Crippen LogP contribution is 2.34. The van der Waals surface area contributed by atoms with Crippen molar-refractivity contribution in [1.29, 1.82) is 0 Å². The fourth-order valence-corrected chi connectivity index (χ4v) is 4.37. The van der Waals surface area contributed by atoms with Crippen LogP contribution in [0.25, 0.3) is 0 Å². The number of fused-ring (bicyclic) bond motifs is 1. The molecule has 1 unspecified atom stereocenters. The molecule has 1 aromatic heterocycles. The van der Waals surface area contributed by atoms with Gasteiger partial charge in [-0.25, -0.2) is 0 Å². The summed E-state index contributed by atoms with van der Waals surface area (Å²) < 4.78 is 0. The molecule has 0 saturated heterocycles. The van der Waals surface area contributed by atoms with Gasteiger partial charge in [-0.15, -0.1) is 11.3 Å². The van der Waals surface area contributed by atoms with Crippen LogP contribution >= 0.6 is 11.3 Å². The second kappa shape index (κ2) is 7.44. The largest absolute Gasteiger partial charge is 0.310 e. The lowest BCUT2D eigenvalue weighted by molar-refractivity contribution is 0.459. The summed E-state index contributed by atoms with van der Waals surface area (Å²) in [6, 6.07) is 3.10. The Labute approximate surface area is 122 Å². The third-order valence-corrected chi connectivity index (χ3v) is 5.43. The third kappa shape index (κ3) is 4.32. The maximum Gasteiger partial charge on any atom is 0.0414 e. The van der Waals surface area contributed by atoms with Crippen LogP contribution < -0.4 is 5.32 Å². The summed E-state index contributed by atoms with van der Waals surface area (Å²) in [6.45, 7) is 7.95. The van der Waals surface area contributed by atoms with E-state index in [4.69, 9.17) is 0 Å². The van der Waals surface area contributed by atoms with Gasteiger partial charge in [0.1, 0.15) is 0 Å². The van der Waals surface area contributed by atoms with Gasteiger partial charge < -0.3 is 5.32 Å². The number of nitrogens with one attached hydrogen (secondary N) is 1. The summed E-state index contributed by atoms with van der Waals surface area (Å²) in [6.07, 6.45) is 9.42. The first-order valence-corrected chi connectivity index (χ1v) is 8.87. The first-order chi connectivity index (χ1) is 9.20. The number of aryl methyl sites for hydroxylation is 2. The molecule has 1 heterocycles. The molecule has 2 rings (SSSR count). The van der Waals surface area contributed by atoms with Crippen molar-refractivity contribution in [2.75, 3.05) is 6.54 Å². The lowest BCUT2D eigenvalue weighted by Crippen LogP contribution is -2.20. The van der Waals surface area contributed by atoms with Gasteiger partial charge in [0.2, 0.25) is 0 Å². The first-order valence-electron chi connectivity index (χ1n) is 8.05. The monoisotopic (exact) mass is 279 g/mol. The number of thiophene rings is 1. The van der Waals surface area contributed by atoms with E-state index in [-0.39, 0.29) is 0 Å². The van der Waals surface area contributed by atoms with E-state index in [1.807, 2.05) is 0 Å². The summed E-state index contributed by atoms with van der Waals surface area (Å²) in [5.41, 5.74) is 1.65. The standard InChI is InChI=1S/C17H29NS/c1-4-18-15(10-7-8-13(2)3)17-12-14-9-5-6-11-16(14)19-17/h12-13,15,18H,4-11H2,1-3H3. The molecule has 1 aromatic rings. The molecule has 1 nitrogen and oxygen atoms in total. The third-order valence-electron chi connectivity index (χ3n) is 4.08. The van der Waals surface area contributed by atoms with Gasteiger partial charge in [0.15, 0.2) is 0 Å². The number of hydrogen-bond acceptors (Lipinski definition) is 2. The summed E-state index contributed by atoms with van der Waals surface area (Å²) in [5, 5.41) is 3.69. The van der Waals surface area contributed by atoms with E-state index in [9.17, 15) is 0 Å². The van der Waals surface area contributed by atoms with Crippen LogP contribution in [-0.2, 0) is 12.8 Å². The Balaban J connectivity index is 1.99. The normalized spacial score (nSPS) is 16.6. The maximum absolute atomic E-state index is 3.69. The van der Waals surface area contributed by atoms with Crippen molar-refractivity contribution in [2.24, 2.45) is 5.92 Å². The molecule has 0 aromatic carbocycles. The molecule has 19 heavy (non-hydrogen) atoms. The molecule has 0 spiro atoms. The lowest BCUT2D eigenvalue weighted by atomic mass is 9.97. The van der Waals surface area contributed by atoms with E-state index in [2.05, 4.69) is 43.5 Å². The van der Waals surface area contributed by atoms with Gasteiger partial charge in [-0.1, -0.05) is 33.6 Å². The van der Waals surface area contributed by atoms with Crippen molar-refractivity contribution < 1.29 is 0 Å². The van der Waals surface area contributed by atoms with Crippen LogP contribution in [0.4, 0.5) is 0 Å². The second-order valence-electron chi connectivity index (χ2n) is 6.24. The fourth-order valence-electron chi connectivity index (χ4n) is 3.01. The zero-order valence-electron chi connectivity index (χ0n) is 12.8. The summed E-state index contributed by atoms with van der Waals surface area (Å²) in [4.78, 5) is 3.27. The van der Waals surface area contributed by atoms with Crippen molar-refractivity contribution in [1.82, 2.24) is 5.32 Å². The minimum Gasteiger partial charge on any atom is -0.310 e. The maximum atomic E-state index is 3.69. The second-order valence-corrected chi connectivity index (χ2v) is 7.41. The molecule has 1 atom stereocenters. The van der Waals surface area contributed by atoms with Crippen molar-refractivity contribution in [2.45, 2.75) is 71.8 Å². The minimum absolute atomic E-state index is 0.597. The summed E-state index contributed by atoms with van der Waals surface area (Å²) >= 11 is 2.08. The van der Waals surface area contributed by atoms with Crippen molar-refractivity contribution >= 4 is 11.3 Å². The number of hydrogen-bond donors (Lipinski definition) is 1. The average Bonchev–Trinajstić information content (AvgIpc) is 2.81. The molecule has 1 aliphatic rings. The van der Waals surface area contributed by atoms with Gasteiger partial charge in [-0.05, 0) is 56.2 Å². The predicted molar refractivity (Wildman–Crippen MR) is 86.1 cm³/mol. The fraction of sp³-hybridized carbons (Fsp3) is 0.765. The van der Waals surface area contributed by atoms with E-state index >= 15 is 0 Å².